The van der Waals surface area contributed by atoms with Crippen molar-refractivity contribution in [3.05, 3.63) is 99.3 Å². The van der Waals surface area contributed by atoms with E-state index in [0.29, 0.717) is 81.6 Å². The number of benzene rings is 5. The zero-order chi connectivity index (χ0) is 55.2. The van der Waals surface area contributed by atoms with Gasteiger partial charge in [0.25, 0.3) is 40.5 Å². The van der Waals surface area contributed by atoms with Crippen molar-refractivity contribution in [2.45, 2.75) is 32.9 Å². The maximum absolute atomic E-state index is 12.0. The third-order valence-corrected chi connectivity index (χ3v) is 15.0. The van der Waals surface area contributed by atoms with Crippen LogP contribution in [-0.4, -0.2) is 113 Å². The monoisotopic (exact) mass is 1190 g/mol. The summed E-state index contributed by atoms with van der Waals surface area (Å²) in [4.78, 5) is 30.2. The van der Waals surface area contributed by atoms with Gasteiger partial charge in [-0.2, -0.15) is 63.6 Å². The first-order valence-corrected chi connectivity index (χ1v) is 28.7. The molecule has 35 heteroatoms. The molecule has 4 aromatic carbocycles. The summed E-state index contributed by atoms with van der Waals surface area (Å²) >= 11 is 19.2. The molecule has 28 nitrogen and oxygen atoms in total. The Hall–Kier alpha value is -7.37. The average Bonchev–Trinajstić information content (AvgIpc) is 3.41. The Balaban J connectivity index is 0.850. The summed E-state index contributed by atoms with van der Waals surface area (Å²) in [6, 6.07) is 15.4. The molecule has 6 aromatic rings. The Morgan fingerprint density at radius 1 is 0.610 bits per heavy atom. The van der Waals surface area contributed by atoms with Crippen molar-refractivity contribution in [2.75, 3.05) is 58.1 Å². The quantitative estimate of drug-likeness (QED) is 0.0243. The number of hydrogen-bond acceptors (Lipinski definition) is 24. The summed E-state index contributed by atoms with van der Waals surface area (Å²) in [5.41, 5.74) is 3.20. The van der Waals surface area contributed by atoms with Gasteiger partial charge in [0.15, 0.2) is 22.8 Å². The van der Waals surface area contributed by atoms with Crippen molar-refractivity contribution in [3.63, 3.8) is 0 Å². The van der Waals surface area contributed by atoms with Crippen molar-refractivity contribution >= 4 is 139 Å². The van der Waals surface area contributed by atoms with Gasteiger partial charge in [-0.1, -0.05) is 18.5 Å². The minimum atomic E-state index is -4.99. The van der Waals surface area contributed by atoms with Crippen LogP contribution in [0.5, 0.6) is 11.5 Å². The maximum Gasteiger partial charge on any atom is 0.296 e. The van der Waals surface area contributed by atoms with E-state index in [2.05, 4.69) is 66.8 Å². The number of rotatable bonds is 18. The van der Waals surface area contributed by atoms with Gasteiger partial charge in [-0.05, 0) is 90.3 Å². The van der Waals surface area contributed by atoms with Gasteiger partial charge in [-0.25, -0.2) is 4.98 Å². The van der Waals surface area contributed by atoms with Crippen LogP contribution < -0.4 is 42.0 Å². The normalized spacial score (nSPS) is 12.9. The van der Waals surface area contributed by atoms with E-state index in [4.69, 9.17) is 48.9 Å². The molecule has 2 aromatic heterocycles. The first kappa shape index (κ1) is 54.4. The highest BCUT2D eigenvalue weighted by atomic mass is 35.5. The van der Waals surface area contributed by atoms with E-state index in [9.17, 15) is 51.9 Å². The Morgan fingerprint density at radius 2 is 1.17 bits per heavy atom. The lowest BCUT2D eigenvalue weighted by molar-refractivity contribution is 0.477. The molecule has 77 heavy (non-hydrogen) atoms. The number of nitrogens with zero attached hydrogens (tertiary/aromatic N) is 8. The van der Waals surface area contributed by atoms with Crippen LogP contribution in [0.2, 0.25) is 15.6 Å². The summed E-state index contributed by atoms with van der Waals surface area (Å²) < 4.78 is 145. The molecule has 4 heterocycles. The highest BCUT2D eigenvalue weighted by Crippen LogP contribution is 2.52. The molecule has 0 saturated carbocycles. The molecule has 1 aliphatic carbocycles. The maximum atomic E-state index is 12.0. The number of ether oxygens (including phenoxy) is 1. The molecule has 0 amide bonds. The molecular formula is C42H35Cl3N14O14S4. The van der Waals surface area contributed by atoms with Crippen LogP contribution >= 0.6 is 34.8 Å². The van der Waals surface area contributed by atoms with Gasteiger partial charge >= 0.3 is 0 Å². The summed E-state index contributed by atoms with van der Waals surface area (Å²) in [5.74, 6) is 0.590. The predicted molar refractivity (Wildman–Crippen MR) is 279 cm³/mol. The molecule has 2 aliphatic heterocycles. The lowest BCUT2D eigenvalue weighted by Crippen LogP contribution is -2.16. The van der Waals surface area contributed by atoms with Crippen molar-refractivity contribution in [1.29, 1.82) is 0 Å². The molecule has 402 valence electrons. The highest BCUT2D eigenvalue weighted by molar-refractivity contribution is 7.87. The minimum absolute atomic E-state index is 0.0229. The second kappa shape index (κ2) is 21.2. The SMILES string of the molecule is CCc1c2c(c(Cl)c3nc4ccc(=NCCNc5nc(Cl)nc(Nc6ccc(S(=O)(=O)O)cc6S(=O)(=O)O)n5)cc-4oc13)Oc1cc(NCCNc3nc(Cl)nc(Nc4ccc(S(=O)(=O)O)cc4S(=O)(=O)O)n3)ccc1N2. The second-order valence-corrected chi connectivity index (χ2v) is 22.6. The fraction of sp³-hybridized carbons (Fsp3) is 0.143. The van der Waals surface area contributed by atoms with Crippen LogP contribution in [0.1, 0.15) is 12.5 Å². The Morgan fingerprint density at radius 3 is 1.73 bits per heavy atom. The molecule has 0 fully saturated rings. The van der Waals surface area contributed by atoms with E-state index < -0.39 is 60.1 Å². The average molecular weight is 1190 g/mol. The second-order valence-electron chi connectivity index (χ2n) is 16.0. The van der Waals surface area contributed by atoms with Crippen LogP contribution in [0.25, 0.3) is 22.6 Å². The van der Waals surface area contributed by atoms with Gasteiger partial charge in [0.2, 0.25) is 34.4 Å². The number of nitrogens with one attached hydrogen (secondary N) is 6. The molecule has 0 radical (unpaired) electrons. The van der Waals surface area contributed by atoms with Crippen molar-refractivity contribution in [2.24, 2.45) is 4.99 Å². The highest BCUT2D eigenvalue weighted by Gasteiger charge is 2.29. The minimum Gasteiger partial charge on any atom is -0.452 e. The fourth-order valence-corrected chi connectivity index (χ4v) is 10.6. The predicted octanol–water partition coefficient (Wildman–Crippen LogP) is 6.69. The van der Waals surface area contributed by atoms with E-state index in [1.807, 2.05) is 13.0 Å². The third-order valence-electron chi connectivity index (χ3n) is 10.8. The van der Waals surface area contributed by atoms with Gasteiger partial charge in [-0.15, -0.1) is 0 Å². The number of hydrogen-bond donors (Lipinski definition) is 10. The lowest BCUT2D eigenvalue weighted by atomic mass is 10.0. The van der Waals surface area contributed by atoms with Crippen LogP contribution in [0.3, 0.4) is 0 Å². The Kier molecular flexibility index (Phi) is 15.0. The van der Waals surface area contributed by atoms with Crippen molar-refractivity contribution in [3.8, 4) is 23.0 Å². The first-order valence-electron chi connectivity index (χ1n) is 21.8. The Labute approximate surface area is 450 Å². The van der Waals surface area contributed by atoms with E-state index in [1.165, 1.54) is 0 Å². The molecule has 0 saturated heterocycles. The van der Waals surface area contributed by atoms with Gasteiger partial charge in [0, 0.05) is 43.0 Å². The number of aromatic nitrogens is 7. The van der Waals surface area contributed by atoms with Crippen LogP contribution in [0.15, 0.2) is 102 Å². The first-order chi connectivity index (χ1) is 36.3. The number of halogens is 3. The number of aryl methyl sites for hydroxylation is 1. The van der Waals surface area contributed by atoms with Crippen LogP contribution in [-0.2, 0) is 46.9 Å². The summed E-state index contributed by atoms with van der Waals surface area (Å²) in [6.07, 6.45) is 0.487. The molecule has 0 spiro atoms. The molecule has 9 rings (SSSR count). The molecule has 0 unspecified atom stereocenters. The third kappa shape index (κ3) is 12.4. The molecule has 3 aliphatic rings. The van der Waals surface area contributed by atoms with Crippen molar-refractivity contribution < 1.29 is 61.0 Å². The van der Waals surface area contributed by atoms with Crippen LogP contribution in [0, 0.1) is 0 Å². The molecule has 0 bridgehead atoms. The Bertz CT molecular complexity index is 4220. The summed E-state index contributed by atoms with van der Waals surface area (Å²) in [5, 5.41) is 17.8. The van der Waals surface area contributed by atoms with Gasteiger partial charge in [-0.3, -0.25) is 23.2 Å². The molecule has 10 N–H and O–H groups in total. The standard InChI is InChI=1S/C42H35Cl3N14O14S4/c1-2-23-33-36(73-29-16-20(3-7-24(29)50-33)47-12-14-49-40-55-38(45)57-42(59-40)53-27-10-6-22(75(63,64)65)18-31(27)77(69,70)71)32(43)34-35(23)72-28-15-19(4-8-25(28)51-34)46-11-13-48-39-54-37(44)56-41(58-39)52-26-9-5-21(74(60,61)62)17-30(26)76(66,67)68/h3-10,15-18,47,50H,2,11-14H2,1H3,(H,60,61,62)(H,63,64,65)(H,66,67,68)(H,69,70,71)(H2,48,52,54,56,58)(H2,49,53,55,57,59). The number of anilines is 9. The van der Waals surface area contributed by atoms with Crippen LogP contribution in [0.4, 0.5) is 52.2 Å². The lowest BCUT2D eigenvalue weighted by Gasteiger charge is -2.26. The van der Waals surface area contributed by atoms with Gasteiger partial charge in [0.05, 0.1) is 44.4 Å². The number of fused-ring (bicyclic) bond motifs is 4. The topological polar surface area (TPSA) is 415 Å². The van der Waals surface area contributed by atoms with Gasteiger partial charge < -0.3 is 41.1 Å². The molecule has 0 atom stereocenters. The van der Waals surface area contributed by atoms with E-state index >= 15 is 0 Å². The van der Waals surface area contributed by atoms with Gasteiger partial charge in [0.1, 0.15) is 26.0 Å². The zero-order valence-corrected chi connectivity index (χ0v) is 44.2. The zero-order valence-electron chi connectivity index (χ0n) is 38.7. The van der Waals surface area contributed by atoms with E-state index in [-0.39, 0.29) is 70.4 Å². The fourth-order valence-electron chi connectivity index (χ4n) is 7.46. The smallest absolute Gasteiger partial charge is 0.296 e. The van der Waals surface area contributed by atoms with E-state index in [1.54, 1.807) is 30.3 Å². The van der Waals surface area contributed by atoms with E-state index in [0.717, 1.165) is 29.8 Å². The van der Waals surface area contributed by atoms with Crippen molar-refractivity contribution in [1.82, 2.24) is 34.9 Å². The summed E-state index contributed by atoms with van der Waals surface area (Å²) in [6.45, 7) is 2.82. The largest absolute Gasteiger partial charge is 0.452 e. The summed E-state index contributed by atoms with van der Waals surface area (Å²) in [7, 11) is -19.6. The molecular weight excluding hydrogens is 1160 g/mol.